The first-order valence-electron chi connectivity index (χ1n) is 8.88. The molecule has 1 aromatic rings. The highest BCUT2D eigenvalue weighted by Crippen LogP contribution is 2.29. The van der Waals surface area contributed by atoms with E-state index in [9.17, 15) is 0 Å². The van der Waals surface area contributed by atoms with Gasteiger partial charge in [0.1, 0.15) is 0 Å². The lowest BCUT2D eigenvalue weighted by atomic mass is 9.93. The third-order valence-electron chi connectivity index (χ3n) is 5.04. The van der Waals surface area contributed by atoms with E-state index < -0.39 is 0 Å². The lowest BCUT2D eigenvalue weighted by molar-refractivity contribution is 0.203. The van der Waals surface area contributed by atoms with Crippen LogP contribution in [0.3, 0.4) is 0 Å². The molecule has 0 amide bonds. The van der Waals surface area contributed by atoms with Crippen LogP contribution in [0.5, 0.6) is 0 Å². The zero-order valence-corrected chi connectivity index (χ0v) is 14.6. The average molecular weight is 303 g/mol. The number of nitrogen functional groups attached to an aromatic ring is 1. The number of anilines is 2. The predicted molar refractivity (Wildman–Crippen MR) is 97.4 cm³/mol. The molecule has 1 heterocycles. The van der Waals surface area contributed by atoms with Crippen molar-refractivity contribution in [3.8, 4) is 0 Å². The number of nitrogens with two attached hydrogens (primary N) is 1. The fourth-order valence-corrected chi connectivity index (χ4v) is 3.72. The summed E-state index contributed by atoms with van der Waals surface area (Å²) in [5, 5.41) is 0. The van der Waals surface area contributed by atoms with Gasteiger partial charge in [0.05, 0.1) is 0 Å². The van der Waals surface area contributed by atoms with Gasteiger partial charge in [-0.05, 0) is 57.1 Å². The van der Waals surface area contributed by atoms with Gasteiger partial charge in [-0.15, -0.1) is 0 Å². The molecule has 0 bridgehead atoms. The van der Waals surface area contributed by atoms with E-state index >= 15 is 0 Å². The van der Waals surface area contributed by atoms with Gasteiger partial charge in [-0.3, -0.25) is 0 Å². The molecular weight excluding hydrogens is 270 g/mol. The molecule has 1 aliphatic heterocycles. The van der Waals surface area contributed by atoms with Gasteiger partial charge in [0, 0.05) is 30.5 Å². The Bertz CT molecular complexity index is 427. The zero-order chi connectivity index (χ0) is 15.9. The Morgan fingerprint density at radius 3 is 2.55 bits per heavy atom. The molecule has 22 heavy (non-hydrogen) atoms. The molecule has 2 rings (SSSR count). The maximum Gasteiger partial charge on any atom is 0.0367 e. The molecule has 1 fully saturated rings. The molecule has 0 spiro atoms. The highest BCUT2D eigenvalue weighted by atomic mass is 15.2. The van der Waals surface area contributed by atoms with Crippen molar-refractivity contribution in [1.82, 2.24) is 4.90 Å². The highest BCUT2D eigenvalue weighted by molar-refractivity contribution is 5.53. The summed E-state index contributed by atoms with van der Waals surface area (Å²) in [6, 6.07) is 9.05. The molecule has 3 nitrogen and oxygen atoms in total. The number of hydrogen-bond acceptors (Lipinski definition) is 3. The number of hydrogen-bond donors (Lipinski definition) is 1. The van der Waals surface area contributed by atoms with Gasteiger partial charge >= 0.3 is 0 Å². The third kappa shape index (κ3) is 4.64. The summed E-state index contributed by atoms with van der Waals surface area (Å²) in [6.45, 7) is 4.64. The summed E-state index contributed by atoms with van der Waals surface area (Å²) in [7, 11) is 4.49. The van der Waals surface area contributed by atoms with Crippen LogP contribution in [0.4, 0.5) is 11.4 Å². The Kier molecular flexibility index (Phi) is 6.56. The smallest absolute Gasteiger partial charge is 0.0367 e. The molecule has 0 aromatic heterocycles. The van der Waals surface area contributed by atoms with Gasteiger partial charge in [0.25, 0.3) is 0 Å². The second kappa shape index (κ2) is 8.42. The van der Waals surface area contributed by atoms with Gasteiger partial charge in [-0.25, -0.2) is 0 Å². The van der Waals surface area contributed by atoms with Crippen LogP contribution in [-0.2, 0) is 0 Å². The molecule has 2 atom stereocenters. The van der Waals surface area contributed by atoms with Crippen molar-refractivity contribution in [1.29, 1.82) is 0 Å². The van der Waals surface area contributed by atoms with E-state index in [0.29, 0.717) is 0 Å². The Hall–Kier alpha value is -1.22. The minimum atomic E-state index is 0.718. The van der Waals surface area contributed by atoms with E-state index in [4.69, 9.17) is 5.73 Å². The van der Waals surface area contributed by atoms with Gasteiger partial charge in [0.15, 0.2) is 0 Å². The number of benzene rings is 1. The Balaban J connectivity index is 1.89. The van der Waals surface area contributed by atoms with E-state index in [0.717, 1.165) is 17.6 Å². The molecular formula is C19H33N3. The van der Waals surface area contributed by atoms with Crippen molar-refractivity contribution < 1.29 is 0 Å². The number of nitrogens with zero attached hydrogens (tertiary/aromatic N) is 2. The Morgan fingerprint density at radius 1 is 1.18 bits per heavy atom. The summed E-state index contributed by atoms with van der Waals surface area (Å²) in [5.74, 6) is 0.786. The summed E-state index contributed by atoms with van der Waals surface area (Å²) in [6.07, 6.45) is 8.10. The van der Waals surface area contributed by atoms with E-state index in [1.54, 1.807) is 0 Å². The summed E-state index contributed by atoms with van der Waals surface area (Å²) in [5.41, 5.74) is 7.96. The van der Waals surface area contributed by atoms with E-state index in [1.165, 1.54) is 57.3 Å². The highest BCUT2D eigenvalue weighted by Gasteiger charge is 2.30. The van der Waals surface area contributed by atoms with Crippen molar-refractivity contribution in [3.63, 3.8) is 0 Å². The second-order valence-corrected chi connectivity index (χ2v) is 6.97. The van der Waals surface area contributed by atoms with Crippen LogP contribution >= 0.6 is 0 Å². The van der Waals surface area contributed by atoms with Gasteiger partial charge in [-0.1, -0.05) is 32.6 Å². The van der Waals surface area contributed by atoms with Gasteiger partial charge < -0.3 is 15.5 Å². The molecule has 1 aliphatic rings. The minimum Gasteiger partial charge on any atom is -0.399 e. The van der Waals surface area contributed by atoms with E-state index in [1.807, 2.05) is 12.1 Å². The normalized spacial score (nSPS) is 19.8. The fourth-order valence-electron chi connectivity index (χ4n) is 3.72. The van der Waals surface area contributed by atoms with Gasteiger partial charge in [-0.2, -0.15) is 0 Å². The van der Waals surface area contributed by atoms with E-state index in [-0.39, 0.29) is 0 Å². The maximum absolute atomic E-state index is 5.79. The van der Waals surface area contributed by atoms with Crippen molar-refractivity contribution in [2.45, 2.75) is 51.5 Å². The standard InChI is InChI=1S/C19H33N3/c1-4-5-6-7-8-19(21(2)3)16-13-14-22(15-16)18-11-9-17(20)10-12-18/h9-12,16,19H,4-8,13-15,20H2,1-3H3. The largest absolute Gasteiger partial charge is 0.399 e. The molecule has 3 heteroatoms. The maximum atomic E-state index is 5.79. The first-order valence-corrected chi connectivity index (χ1v) is 8.88. The zero-order valence-electron chi connectivity index (χ0n) is 14.6. The average Bonchev–Trinajstić information content (AvgIpc) is 2.97. The van der Waals surface area contributed by atoms with E-state index in [2.05, 4.69) is 43.0 Å². The van der Waals surface area contributed by atoms with Crippen LogP contribution in [0.2, 0.25) is 0 Å². The molecule has 1 aromatic carbocycles. The summed E-state index contributed by atoms with van der Waals surface area (Å²) >= 11 is 0. The lowest BCUT2D eigenvalue weighted by Gasteiger charge is -2.30. The quantitative estimate of drug-likeness (QED) is 0.582. The number of rotatable bonds is 8. The molecule has 0 aliphatic carbocycles. The first kappa shape index (κ1) is 17.1. The minimum absolute atomic E-state index is 0.718. The van der Waals surface area contributed by atoms with Crippen LogP contribution in [0.25, 0.3) is 0 Å². The van der Waals surface area contributed by atoms with Crippen LogP contribution in [0.1, 0.15) is 45.4 Å². The van der Waals surface area contributed by atoms with Crippen molar-refractivity contribution >= 4 is 11.4 Å². The molecule has 1 saturated heterocycles. The third-order valence-corrected chi connectivity index (χ3v) is 5.04. The van der Waals surface area contributed by atoms with Crippen LogP contribution in [-0.4, -0.2) is 38.1 Å². The van der Waals surface area contributed by atoms with Crippen LogP contribution in [0, 0.1) is 5.92 Å². The Labute approximate surface area is 136 Å². The van der Waals surface area contributed by atoms with Gasteiger partial charge in [0.2, 0.25) is 0 Å². The first-order chi connectivity index (χ1) is 10.6. The molecule has 0 radical (unpaired) electrons. The van der Waals surface area contributed by atoms with Crippen LogP contribution in [0.15, 0.2) is 24.3 Å². The van der Waals surface area contributed by atoms with Crippen molar-refractivity contribution in [2.75, 3.05) is 37.8 Å². The Morgan fingerprint density at radius 2 is 1.91 bits per heavy atom. The second-order valence-electron chi connectivity index (χ2n) is 6.97. The van der Waals surface area contributed by atoms with Crippen molar-refractivity contribution in [3.05, 3.63) is 24.3 Å². The lowest BCUT2D eigenvalue weighted by Crippen LogP contribution is -2.37. The molecule has 124 valence electrons. The van der Waals surface area contributed by atoms with Crippen LogP contribution < -0.4 is 10.6 Å². The summed E-state index contributed by atoms with van der Waals surface area (Å²) in [4.78, 5) is 4.97. The topological polar surface area (TPSA) is 32.5 Å². The number of unbranched alkanes of at least 4 members (excludes halogenated alkanes) is 3. The van der Waals surface area contributed by atoms with Crippen molar-refractivity contribution in [2.24, 2.45) is 5.92 Å². The molecule has 0 saturated carbocycles. The molecule has 2 unspecified atom stereocenters. The SMILES string of the molecule is CCCCCCC(C1CCN(c2ccc(N)cc2)C1)N(C)C. The summed E-state index contributed by atoms with van der Waals surface area (Å²) < 4.78 is 0. The predicted octanol–water partition coefficient (Wildman–Crippen LogP) is 4.00. The monoisotopic (exact) mass is 303 g/mol. The fraction of sp³-hybridized carbons (Fsp3) is 0.684. The molecule has 2 N–H and O–H groups in total.